The van der Waals surface area contributed by atoms with Crippen LogP contribution in [0.1, 0.15) is 37.3 Å². The number of pyridine rings is 1. The molecule has 0 saturated carbocycles. The molecule has 5 heteroatoms. The third kappa shape index (κ3) is 3.21. The van der Waals surface area contributed by atoms with Gasteiger partial charge in [0.15, 0.2) is 0 Å². The molecule has 134 valence electrons. The van der Waals surface area contributed by atoms with Crippen molar-refractivity contribution in [2.75, 3.05) is 18.0 Å². The van der Waals surface area contributed by atoms with E-state index in [4.69, 9.17) is 0 Å². The van der Waals surface area contributed by atoms with Crippen molar-refractivity contribution in [1.82, 2.24) is 9.88 Å². The Morgan fingerprint density at radius 2 is 1.92 bits per heavy atom. The highest BCUT2D eigenvalue weighted by molar-refractivity contribution is 6.00. The van der Waals surface area contributed by atoms with Gasteiger partial charge in [-0.2, -0.15) is 0 Å². The molecule has 1 aromatic carbocycles. The van der Waals surface area contributed by atoms with Crippen LogP contribution in [-0.2, 0) is 9.59 Å². The molecule has 0 spiro atoms. The summed E-state index contributed by atoms with van der Waals surface area (Å²) in [5.74, 6) is -0.130. The molecule has 0 N–H and O–H groups in total. The average Bonchev–Trinajstić information content (AvgIpc) is 3.10. The molecule has 2 atom stereocenters. The topological polar surface area (TPSA) is 53.5 Å². The Morgan fingerprint density at radius 1 is 1.08 bits per heavy atom. The number of carbonyl (C=O) groups excluding carboxylic acids is 2. The number of likely N-dealkylation sites (tertiary alicyclic amines) is 1. The Morgan fingerprint density at radius 3 is 2.69 bits per heavy atom. The van der Waals surface area contributed by atoms with Crippen molar-refractivity contribution in [3.63, 3.8) is 0 Å². The Bertz CT molecular complexity index is 778. The molecule has 4 rings (SSSR count). The monoisotopic (exact) mass is 349 g/mol. The van der Waals surface area contributed by atoms with Gasteiger partial charge in [0.05, 0.1) is 12.0 Å². The molecule has 3 heterocycles. The highest BCUT2D eigenvalue weighted by Gasteiger charge is 2.39. The number of para-hydroxylation sites is 1. The van der Waals surface area contributed by atoms with Gasteiger partial charge in [0.2, 0.25) is 11.8 Å². The van der Waals surface area contributed by atoms with E-state index < -0.39 is 0 Å². The van der Waals surface area contributed by atoms with E-state index in [9.17, 15) is 9.59 Å². The van der Waals surface area contributed by atoms with E-state index >= 15 is 0 Å². The smallest absolute Gasteiger partial charge is 0.228 e. The fraction of sp³-hybridized carbons (Fsp3) is 0.381. The normalized spacial score (nSPS) is 23.3. The lowest BCUT2D eigenvalue weighted by atomic mass is 9.94. The minimum atomic E-state index is -0.264. The molecule has 2 aromatic rings. The first kappa shape index (κ1) is 16.8. The minimum absolute atomic E-state index is 0.0319. The summed E-state index contributed by atoms with van der Waals surface area (Å²) in [6, 6.07) is 13.6. The van der Waals surface area contributed by atoms with Gasteiger partial charge in [0, 0.05) is 37.6 Å². The predicted octanol–water partition coefficient (Wildman–Crippen LogP) is 3.19. The summed E-state index contributed by atoms with van der Waals surface area (Å²) < 4.78 is 0. The van der Waals surface area contributed by atoms with Gasteiger partial charge >= 0.3 is 0 Å². The Labute approximate surface area is 153 Å². The molecule has 2 aliphatic heterocycles. The van der Waals surface area contributed by atoms with E-state index in [1.165, 1.54) is 0 Å². The predicted molar refractivity (Wildman–Crippen MR) is 99.4 cm³/mol. The summed E-state index contributed by atoms with van der Waals surface area (Å²) in [5.41, 5.74) is 1.96. The van der Waals surface area contributed by atoms with Crippen molar-refractivity contribution in [1.29, 1.82) is 0 Å². The van der Waals surface area contributed by atoms with Gasteiger partial charge in [-0.15, -0.1) is 0 Å². The van der Waals surface area contributed by atoms with Crippen LogP contribution in [0.4, 0.5) is 5.69 Å². The summed E-state index contributed by atoms with van der Waals surface area (Å²) in [6.45, 7) is 1.23. The van der Waals surface area contributed by atoms with Gasteiger partial charge in [-0.3, -0.25) is 14.6 Å². The van der Waals surface area contributed by atoms with Crippen LogP contribution < -0.4 is 4.90 Å². The number of benzene rings is 1. The first-order valence-corrected chi connectivity index (χ1v) is 9.30. The molecular formula is C21H23N3O2. The minimum Gasteiger partial charge on any atom is -0.335 e. The van der Waals surface area contributed by atoms with Crippen LogP contribution in [-0.4, -0.2) is 34.8 Å². The summed E-state index contributed by atoms with van der Waals surface area (Å²) in [6.07, 6.45) is 7.00. The summed E-state index contributed by atoms with van der Waals surface area (Å²) in [7, 11) is 0. The molecule has 1 aromatic heterocycles. The van der Waals surface area contributed by atoms with Gasteiger partial charge in [-0.05, 0) is 43.0 Å². The van der Waals surface area contributed by atoms with E-state index in [2.05, 4.69) is 4.98 Å². The van der Waals surface area contributed by atoms with Crippen LogP contribution in [0.2, 0.25) is 0 Å². The quantitative estimate of drug-likeness (QED) is 0.855. The number of rotatable bonds is 3. The largest absolute Gasteiger partial charge is 0.335 e. The van der Waals surface area contributed by atoms with Gasteiger partial charge < -0.3 is 9.80 Å². The standard InChI is InChI=1S/C21H23N3O2/c25-20-13-17(15-24(20)18-8-2-1-3-9-18)21(26)23-12-5-4-10-19(23)16-7-6-11-22-14-16/h1-3,6-9,11,14,17,19H,4-5,10,12-13,15H2/t17-,19+/m0/s1. The van der Waals surface area contributed by atoms with Crippen molar-refractivity contribution < 1.29 is 9.59 Å². The van der Waals surface area contributed by atoms with Crippen molar-refractivity contribution >= 4 is 17.5 Å². The molecule has 0 unspecified atom stereocenters. The lowest BCUT2D eigenvalue weighted by molar-refractivity contribution is -0.139. The number of hydrogen-bond donors (Lipinski definition) is 0. The molecule has 2 saturated heterocycles. The van der Waals surface area contributed by atoms with E-state index in [1.54, 1.807) is 11.1 Å². The Kier molecular flexibility index (Phi) is 4.69. The van der Waals surface area contributed by atoms with E-state index in [0.29, 0.717) is 13.0 Å². The summed E-state index contributed by atoms with van der Waals surface area (Å²) >= 11 is 0. The molecule has 26 heavy (non-hydrogen) atoms. The number of aromatic nitrogens is 1. The van der Waals surface area contributed by atoms with Crippen molar-refractivity contribution in [2.45, 2.75) is 31.7 Å². The molecule has 2 fully saturated rings. The van der Waals surface area contributed by atoms with Crippen molar-refractivity contribution in [3.05, 3.63) is 60.4 Å². The Hall–Kier alpha value is -2.69. The lowest BCUT2D eigenvalue weighted by Gasteiger charge is -2.37. The summed E-state index contributed by atoms with van der Waals surface area (Å²) in [4.78, 5) is 33.6. The zero-order chi connectivity index (χ0) is 17.9. The van der Waals surface area contributed by atoms with Gasteiger partial charge in [0.25, 0.3) is 0 Å². The third-order valence-corrected chi connectivity index (χ3v) is 5.40. The number of amides is 2. The molecule has 0 aliphatic carbocycles. The van der Waals surface area contributed by atoms with Crippen molar-refractivity contribution in [3.8, 4) is 0 Å². The van der Waals surface area contributed by atoms with Crippen LogP contribution >= 0.6 is 0 Å². The molecule has 2 aliphatic rings. The first-order valence-electron chi connectivity index (χ1n) is 9.30. The molecule has 2 amide bonds. The van der Waals surface area contributed by atoms with Gasteiger partial charge in [-0.25, -0.2) is 0 Å². The number of nitrogens with zero attached hydrogens (tertiary/aromatic N) is 3. The number of carbonyl (C=O) groups is 2. The number of hydrogen-bond acceptors (Lipinski definition) is 3. The maximum absolute atomic E-state index is 13.2. The maximum atomic E-state index is 13.2. The molecule has 0 radical (unpaired) electrons. The average molecular weight is 349 g/mol. The highest BCUT2D eigenvalue weighted by atomic mass is 16.2. The first-order chi connectivity index (χ1) is 12.7. The van der Waals surface area contributed by atoms with E-state index in [0.717, 1.165) is 37.1 Å². The fourth-order valence-electron chi connectivity index (χ4n) is 4.08. The van der Waals surface area contributed by atoms with Crippen LogP contribution in [0.5, 0.6) is 0 Å². The molecule has 0 bridgehead atoms. The maximum Gasteiger partial charge on any atom is 0.228 e. The fourth-order valence-corrected chi connectivity index (χ4v) is 4.08. The van der Waals surface area contributed by atoms with Crippen LogP contribution in [0.25, 0.3) is 0 Å². The van der Waals surface area contributed by atoms with Crippen LogP contribution in [0.3, 0.4) is 0 Å². The zero-order valence-electron chi connectivity index (χ0n) is 14.8. The second-order valence-corrected chi connectivity index (χ2v) is 7.07. The second-order valence-electron chi connectivity index (χ2n) is 7.07. The third-order valence-electron chi connectivity index (χ3n) is 5.40. The second kappa shape index (κ2) is 7.28. The van der Waals surface area contributed by atoms with E-state index in [-0.39, 0.29) is 23.8 Å². The van der Waals surface area contributed by atoms with Crippen molar-refractivity contribution in [2.24, 2.45) is 5.92 Å². The van der Waals surface area contributed by atoms with Gasteiger partial charge in [0.1, 0.15) is 0 Å². The molecular weight excluding hydrogens is 326 g/mol. The summed E-state index contributed by atoms with van der Waals surface area (Å²) in [5, 5.41) is 0. The van der Waals surface area contributed by atoms with Crippen LogP contribution in [0.15, 0.2) is 54.9 Å². The van der Waals surface area contributed by atoms with Crippen LogP contribution in [0, 0.1) is 5.92 Å². The lowest BCUT2D eigenvalue weighted by Crippen LogP contribution is -2.42. The van der Waals surface area contributed by atoms with E-state index in [1.807, 2.05) is 53.6 Å². The number of piperidine rings is 1. The number of anilines is 1. The SMILES string of the molecule is O=C1C[C@H](C(=O)N2CCCC[C@@H]2c2cccnc2)CN1c1ccccc1. The van der Waals surface area contributed by atoms with Gasteiger partial charge in [-0.1, -0.05) is 24.3 Å². The molecule has 5 nitrogen and oxygen atoms in total. The Balaban J connectivity index is 1.52. The highest BCUT2D eigenvalue weighted by Crippen LogP contribution is 2.34. The zero-order valence-corrected chi connectivity index (χ0v) is 14.8.